The second kappa shape index (κ2) is 4.90. The lowest BCUT2D eigenvalue weighted by Gasteiger charge is -2.18. The zero-order chi connectivity index (χ0) is 13.3. The van der Waals surface area contributed by atoms with Crippen molar-refractivity contribution in [1.82, 2.24) is 0 Å². The standard InChI is InChI=1S/C13H20N2O2S/c1-9(8-11-6-7-11)15-12-4-3-5-13(10(12)2)18(14,16)17/h3-5,9,11,15H,6-8H2,1-2H3,(H2,14,16,17). The molecule has 0 bridgehead atoms. The van der Waals surface area contributed by atoms with Gasteiger partial charge in [0.25, 0.3) is 0 Å². The van der Waals surface area contributed by atoms with Crippen LogP contribution in [0.2, 0.25) is 0 Å². The Morgan fingerprint density at radius 3 is 2.67 bits per heavy atom. The Morgan fingerprint density at radius 1 is 1.44 bits per heavy atom. The third-order valence-corrected chi connectivity index (χ3v) is 4.43. The van der Waals surface area contributed by atoms with Crippen LogP contribution in [-0.4, -0.2) is 14.5 Å². The quantitative estimate of drug-likeness (QED) is 0.860. The van der Waals surface area contributed by atoms with Crippen molar-refractivity contribution in [2.75, 3.05) is 5.32 Å². The molecular formula is C13H20N2O2S. The van der Waals surface area contributed by atoms with Crippen molar-refractivity contribution in [2.45, 2.75) is 44.0 Å². The molecule has 100 valence electrons. The minimum atomic E-state index is -3.64. The van der Waals surface area contributed by atoms with E-state index in [1.807, 2.05) is 6.07 Å². The molecule has 1 fully saturated rings. The van der Waals surface area contributed by atoms with Crippen LogP contribution in [0.25, 0.3) is 0 Å². The Balaban J connectivity index is 2.17. The van der Waals surface area contributed by atoms with E-state index in [1.54, 1.807) is 19.1 Å². The van der Waals surface area contributed by atoms with Crippen LogP contribution in [0.1, 0.15) is 31.7 Å². The van der Waals surface area contributed by atoms with Gasteiger partial charge in [-0.05, 0) is 43.9 Å². The smallest absolute Gasteiger partial charge is 0.238 e. The lowest BCUT2D eigenvalue weighted by Crippen LogP contribution is -2.19. The summed E-state index contributed by atoms with van der Waals surface area (Å²) in [6.07, 6.45) is 3.78. The van der Waals surface area contributed by atoms with Crippen LogP contribution in [0, 0.1) is 12.8 Å². The van der Waals surface area contributed by atoms with Crippen LogP contribution in [-0.2, 0) is 10.0 Å². The monoisotopic (exact) mass is 268 g/mol. The molecule has 1 aliphatic carbocycles. The maximum absolute atomic E-state index is 11.4. The molecule has 1 atom stereocenters. The molecule has 18 heavy (non-hydrogen) atoms. The van der Waals surface area contributed by atoms with E-state index in [9.17, 15) is 8.42 Å². The molecule has 1 aromatic carbocycles. The van der Waals surface area contributed by atoms with Gasteiger partial charge in [0.1, 0.15) is 0 Å². The van der Waals surface area contributed by atoms with Crippen molar-refractivity contribution in [1.29, 1.82) is 0 Å². The van der Waals surface area contributed by atoms with Crippen LogP contribution in [0.3, 0.4) is 0 Å². The van der Waals surface area contributed by atoms with Gasteiger partial charge in [-0.25, -0.2) is 13.6 Å². The second-order valence-electron chi connectivity index (χ2n) is 5.20. The predicted molar refractivity (Wildman–Crippen MR) is 73.0 cm³/mol. The molecule has 1 unspecified atom stereocenters. The number of nitrogens with one attached hydrogen (secondary N) is 1. The molecule has 0 amide bonds. The fourth-order valence-corrected chi connectivity index (χ4v) is 3.06. The molecule has 0 radical (unpaired) electrons. The minimum Gasteiger partial charge on any atom is -0.382 e. The van der Waals surface area contributed by atoms with Crippen LogP contribution >= 0.6 is 0 Å². The van der Waals surface area contributed by atoms with E-state index < -0.39 is 10.0 Å². The van der Waals surface area contributed by atoms with E-state index in [-0.39, 0.29) is 4.90 Å². The van der Waals surface area contributed by atoms with Gasteiger partial charge in [0.05, 0.1) is 4.90 Å². The summed E-state index contributed by atoms with van der Waals surface area (Å²) in [7, 11) is -3.64. The van der Waals surface area contributed by atoms with Crippen molar-refractivity contribution in [3.8, 4) is 0 Å². The third kappa shape index (κ3) is 3.23. The first-order valence-electron chi connectivity index (χ1n) is 6.27. The summed E-state index contributed by atoms with van der Waals surface area (Å²) in [6.45, 7) is 3.91. The summed E-state index contributed by atoms with van der Waals surface area (Å²) < 4.78 is 22.9. The number of anilines is 1. The molecule has 3 N–H and O–H groups in total. The van der Waals surface area contributed by atoms with Crippen molar-refractivity contribution in [3.63, 3.8) is 0 Å². The van der Waals surface area contributed by atoms with Gasteiger partial charge in [-0.2, -0.15) is 0 Å². The summed E-state index contributed by atoms with van der Waals surface area (Å²) >= 11 is 0. The summed E-state index contributed by atoms with van der Waals surface area (Å²) in [4.78, 5) is 0.200. The summed E-state index contributed by atoms with van der Waals surface area (Å²) in [5.41, 5.74) is 1.55. The number of primary sulfonamides is 1. The highest BCUT2D eigenvalue weighted by molar-refractivity contribution is 7.89. The van der Waals surface area contributed by atoms with E-state index in [0.717, 1.165) is 18.0 Å². The largest absolute Gasteiger partial charge is 0.382 e. The molecule has 0 aromatic heterocycles. The van der Waals surface area contributed by atoms with Gasteiger partial charge in [-0.1, -0.05) is 18.9 Å². The molecule has 0 saturated heterocycles. The van der Waals surface area contributed by atoms with Gasteiger partial charge in [-0.3, -0.25) is 0 Å². The number of nitrogens with two attached hydrogens (primary N) is 1. The fraction of sp³-hybridized carbons (Fsp3) is 0.538. The number of hydrogen-bond donors (Lipinski definition) is 2. The van der Waals surface area contributed by atoms with E-state index in [0.29, 0.717) is 11.6 Å². The molecule has 4 nitrogen and oxygen atoms in total. The highest BCUT2D eigenvalue weighted by Gasteiger charge is 2.24. The Labute approximate surface area is 109 Å². The molecule has 1 saturated carbocycles. The number of benzene rings is 1. The summed E-state index contributed by atoms with van der Waals surface area (Å²) in [5.74, 6) is 0.842. The van der Waals surface area contributed by atoms with Gasteiger partial charge < -0.3 is 5.32 Å². The summed E-state index contributed by atoms with van der Waals surface area (Å²) in [5, 5.41) is 8.57. The molecular weight excluding hydrogens is 248 g/mol. The zero-order valence-corrected chi connectivity index (χ0v) is 11.6. The first kappa shape index (κ1) is 13.4. The van der Waals surface area contributed by atoms with Crippen molar-refractivity contribution in [2.24, 2.45) is 11.1 Å². The average molecular weight is 268 g/mol. The van der Waals surface area contributed by atoms with Gasteiger partial charge in [0.2, 0.25) is 10.0 Å². The number of sulfonamides is 1. The average Bonchev–Trinajstić information content (AvgIpc) is 3.03. The van der Waals surface area contributed by atoms with Crippen LogP contribution in [0.4, 0.5) is 5.69 Å². The Kier molecular flexibility index (Phi) is 3.64. The Hall–Kier alpha value is -1.07. The van der Waals surface area contributed by atoms with Gasteiger partial charge in [0.15, 0.2) is 0 Å². The molecule has 0 heterocycles. The van der Waals surface area contributed by atoms with E-state index >= 15 is 0 Å². The minimum absolute atomic E-state index is 0.200. The number of rotatable bonds is 5. The van der Waals surface area contributed by atoms with Crippen LogP contribution in [0.15, 0.2) is 23.1 Å². The Morgan fingerprint density at radius 2 is 2.11 bits per heavy atom. The lowest BCUT2D eigenvalue weighted by molar-refractivity contribution is 0.597. The van der Waals surface area contributed by atoms with Crippen molar-refractivity contribution >= 4 is 15.7 Å². The van der Waals surface area contributed by atoms with Gasteiger partial charge in [0, 0.05) is 11.7 Å². The number of hydrogen-bond acceptors (Lipinski definition) is 3. The maximum atomic E-state index is 11.4. The summed E-state index contributed by atoms with van der Waals surface area (Å²) in [6, 6.07) is 5.51. The Bertz CT molecular complexity index is 536. The second-order valence-corrected chi connectivity index (χ2v) is 6.73. The van der Waals surface area contributed by atoms with Gasteiger partial charge in [-0.15, -0.1) is 0 Å². The van der Waals surface area contributed by atoms with E-state index in [2.05, 4.69) is 12.2 Å². The van der Waals surface area contributed by atoms with E-state index in [1.165, 1.54) is 12.8 Å². The molecule has 0 spiro atoms. The zero-order valence-electron chi connectivity index (χ0n) is 10.8. The van der Waals surface area contributed by atoms with Crippen LogP contribution in [0.5, 0.6) is 0 Å². The molecule has 1 aromatic rings. The van der Waals surface area contributed by atoms with Gasteiger partial charge >= 0.3 is 0 Å². The lowest BCUT2D eigenvalue weighted by atomic mass is 10.1. The normalized spacial score (nSPS) is 17.5. The molecule has 0 aliphatic heterocycles. The highest BCUT2D eigenvalue weighted by atomic mass is 32.2. The topological polar surface area (TPSA) is 72.2 Å². The van der Waals surface area contributed by atoms with E-state index in [4.69, 9.17) is 5.14 Å². The molecule has 5 heteroatoms. The highest BCUT2D eigenvalue weighted by Crippen LogP contribution is 2.34. The fourth-order valence-electron chi connectivity index (χ4n) is 2.26. The molecule has 1 aliphatic rings. The van der Waals surface area contributed by atoms with Crippen molar-refractivity contribution < 1.29 is 8.42 Å². The maximum Gasteiger partial charge on any atom is 0.238 e. The third-order valence-electron chi connectivity index (χ3n) is 3.38. The predicted octanol–water partition coefficient (Wildman–Crippen LogP) is 2.24. The first-order chi connectivity index (χ1) is 8.38. The van der Waals surface area contributed by atoms with Crippen LogP contribution < -0.4 is 10.5 Å². The van der Waals surface area contributed by atoms with Crippen molar-refractivity contribution in [3.05, 3.63) is 23.8 Å². The SMILES string of the molecule is Cc1c(NC(C)CC2CC2)cccc1S(N)(=O)=O. The molecule has 2 rings (SSSR count). The first-order valence-corrected chi connectivity index (χ1v) is 7.81.